The normalized spacial score (nSPS) is 14.4. The van der Waals surface area contributed by atoms with Gasteiger partial charge in [0.05, 0.1) is 0 Å². The van der Waals surface area contributed by atoms with Gasteiger partial charge in [-0.2, -0.15) is 0 Å². The minimum Gasteiger partial charge on any atom is -0.404 e. The molecule has 0 spiro atoms. The van der Waals surface area contributed by atoms with Gasteiger partial charge in [-0.1, -0.05) is 36.7 Å². The first kappa shape index (κ1) is 18.1. The van der Waals surface area contributed by atoms with Crippen LogP contribution in [0.4, 0.5) is 0 Å². The van der Waals surface area contributed by atoms with E-state index in [0.717, 1.165) is 12.8 Å². The van der Waals surface area contributed by atoms with E-state index in [-0.39, 0.29) is 16.0 Å². The summed E-state index contributed by atoms with van der Waals surface area (Å²) in [4.78, 5) is 11.3. The zero-order valence-electron chi connectivity index (χ0n) is 12.6. The minimum absolute atomic E-state index is 0.0628. The molecule has 0 heterocycles. The van der Waals surface area contributed by atoms with Gasteiger partial charge in [-0.05, 0) is 37.9 Å². The molecule has 1 atom stereocenters. The average molecular weight is 338 g/mol. The summed E-state index contributed by atoms with van der Waals surface area (Å²) in [7, 11) is -1.71. The Hall–Kier alpha value is 0.127. The van der Waals surface area contributed by atoms with E-state index in [0.29, 0.717) is 13.0 Å². The van der Waals surface area contributed by atoms with Crippen LogP contribution in [0, 0.1) is 0 Å². The lowest BCUT2D eigenvalue weighted by Gasteiger charge is -2.37. The first-order chi connectivity index (χ1) is 8.10. The van der Waals surface area contributed by atoms with E-state index in [1.165, 1.54) is 0 Å². The fourth-order valence-electron chi connectivity index (χ4n) is 1.26. The third-order valence-electron chi connectivity index (χ3n) is 3.44. The Morgan fingerprint density at radius 1 is 1.39 bits per heavy atom. The molecule has 0 aromatic rings. The molecule has 0 aromatic carbocycles. The van der Waals surface area contributed by atoms with Gasteiger partial charge in [-0.25, -0.2) is 0 Å². The van der Waals surface area contributed by atoms with Gasteiger partial charge >= 0.3 is 0 Å². The third-order valence-corrected chi connectivity index (χ3v) is 8.91. The molecular formula is C13H28BrNO2Si. The fourth-order valence-corrected chi connectivity index (χ4v) is 4.10. The summed E-state index contributed by atoms with van der Waals surface area (Å²) in [5.74, 6) is 0.129. The van der Waals surface area contributed by atoms with Crippen molar-refractivity contribution >= 4 is 30.2 Å². The predicted molar refractivity (Wildman–Crippen MR) is 83.5 cm³/mol. The highest BCUT2D eigenvalue weighted by atomic mass is 79.9. The Kier molecular flexibility index (Phi) is 7.71. The Morgan fingerprint density at radius 3 is 2.39 bits per heavy atom. The van der Waals surface area contributed by atoms with E-state index < -0.39 is 8.32 Å². The number of alkyl halides is 1. The van der Waals surface area contributed by atoms with Gasteiger partial charge in [0.15, 0.2) is 8.32 Å². The van der Waals surface area contributed by atoms with Crippen molar-refractivity contribution in [2.45, 2.75) is 70.1 Å². The molecule has 0 fully saturated rings. The quantitative estimate of drug-likeness (QED) is 0.562. The molecule has 18 heavy (non-hydrogen) atoms. The number of carbonyl (C=O) groups excluding carboxylic acids is 1. The maximum absolute atomic E-state index is 11.3. The number of carbonyl (C=O) groups is 1. The molecule has 3 nitrogen and oxygen atoms in total. The van der Waals surface area contributed by atoms with Crippen molar-refractivity contribution in [3.05, 3.63) is 0 Å². The van der Waals surface area contributed by atoms with Gasteiger partial charge in [0.2, 0.25) is 5.91 Å². The number of halogens is 1. The predicted octanol–water partition coefficient (Wildman–Crippen LogP) is 4.04. The summed E-state index contributed by atoms with van der Waals surface area (Å²) in [6.07, 6.45) is 2.32. The summed E-state index contributed by atoms with van der Waals surface area (Å²) in [6, 6.07) is 0. The number of nitrogens with one attached hydrogen (secondary N) is 1. The summed E-state index contributed by atoms with van der Waals surface area (Å²) >= 11 is 3.58. The Balaban J connectivity index is 3.98. The van der Waals surface area contributed by atoms with Crippen molar-refractivity contribution in [2.75, 3.05) is 6.54 Å². The van der Waals surface area contributed by atoms with E-state index in [2.05, 4.69) is 55.1 Å². The maximum Gasteiger partial charge on any atom is 0.219 e. The number of hydrogen-bond acceptors (Lipinski definition) is 2. The van der Waals surface area contributed by atoms with Crippen LogP contribution in [-0.4, -0.2) is 25.8 Å². The minimum atomic E-state index is -1.71. The molecular weight excluding hydrogens is 310 g/mol. The fraction of sp³-hybridized carbons (Fsp3) is 0.923. The lowest BCUT2D eigenvalue weighted by Crippen LogP contribution is -2.42. The standard InChI is InChI=1S/C13H28BrNO2Si/c1-7-15-12(16)10-8-9-11(14)17-18(5,6)13(2,3)4/h11H,7-10H2,1-6H3,(H,15,16). The van der Waals surface area contributed by atoms with Crippen LogP contribution in [0.3, 0.4) is 0 Å². The van der Waals surface area contributed by atoms with Gasteiger partial charge in [0.25, 0.3) is 0 Å². The summed E-state index contributed by atoms with van der Waals surface area (Å²) in [6.45, 7) is 13.8. The molecule has 0 aliphatic carbocycles. The maximum atomic E-state index is 11.3. The largest absolute Gasteiger partial charge is 0.404 e. The van der Waals surface area contributed by atoms with Crippen LogP contribution in [0.25, 0.3) is 0 Å². The second kappa shape index (κ2) is 7.65. The van der Waals surface area contributed by atoms with Crippen LogP contribution in [0.5, 0.6) is 0 Å². The highest BCUT2D eigenvalue weighted by molar-refractivity contribution is 9.09. The Morgan fingerprint density at radius 2 is 1.94 bits per heavy atom. The molecule has 0 saturated carbocycles. The van der Waals surface area contributed by atoms with Gasteiger partial charge < -0.3 is 9.74 Å². The first-order valence-corrected chi connectivity index (χ1v) is 10.5. The number of hydrogen-bond donors (Lipinski definition) is 1. The van der Waals surface area contributed by atoms with E-state index >= 15 is 0 Å². The topological polar surface area (TPSA) is 38.3 Å². The summed E-state index contributed by atoms with van der Waals surface area (Å²) in [5.41, 5.74) is 0. The first-order valence-electron chi connectivity index (χ1n) is 6.68. The molecule has 0 saturated heterocycles. The second-order valence-electron chi connectivity index (χ2n) is 6.13. The van der Waals surface area contributed by atoms with E-state index in [4.69, 9.17) is 4.43 Å². The van der Waals surface area contributed by atoms with Crippen LogP contribution in [0.2, 0.25) is 18.1 Å². The average Bonchev–Trinajstić information content (AvgIpc) is 2.15. The van der Waals surface area contributed by atoms with Gasteiger partial charge in [0, 0.05) is 13.0 Å². The molecule has 1 amide bonds. The van der Waals surface area contributed by atoms with Crippen LogP contribution in [0.1, 0.15) is 47.0 Å². The molecule has 5 heteroatoms. The molecule has 108 valence electrons. The molecule has 0 aliphatic rings. The monoisotopic (exact) mass is 337 g/mol. The zero-order chi connectivity index (χ0) is 14.4. The van der Waals surface area contributed by atoms with Crippen LogP contribution < -0.4 is 5.32 Å². The summed E-state index contributed by atoms with van der Waals surface area (Å²) < 4.78 is 6.17. The van der Waals surface area contributed by atoms with E-state index in [1.54, 1.807) is 0 Å². The molecule has 0 aromatic heterocycles. The summed E-state index contributed by atoms with van der Waals surface area (Å²) in [5, 5.41) is 3.09. The van der Waals surface area contributed by atoms with Crippen LogP contribution >= 0.6 is 15.9 Å². The molecule has 1 unspecified atom stereocenters. The molecule has 1 N–H and O–H groups in total. The smallest absolute Gasteiger partial charge is 0.219 e. The molecule has 0 radical (unpaired) electrons. The van der Waals surface area contributed by atoms with Crippen molar-refractivity contribution in [2.24, 2.45) is 0 Å². The number of amides is 1. The Bertz CT molecular complexity index is 264. The Labute approximate surface area is 121 Å². The van der Waals surface area contributed by atoms with Crippen molar-refractivity contribution < 1.29 is 9.22 Å². The molecule has 0 rings (SSSR count). The second-order valence-corrected chi connectivity index (χ2v) is 11.9. The van der Waals surface area contributed by atoms with Crippen LogP contribution in [0.15, 0.2) is 0 Å². The molecule has 0 aliphatic heterocycles. The van der Waals surface area contributed by atoms with Crippen LogP contribution in [-0.2, 0) is 9.22 Å². The lowest BCUT2D eigenvalue weighted by molar-refractivity contribution is -0.121. The van der Waals surface area contributed by atoms with Crippen molar-refractivity contribution in [3.63, 3.8) is 0 Å². The van der Waals surface area contributed by atoms with Gasteiger partial charge in [-0.3, -0.25) is 4.79 Å². The van der Waals surface area contributed by atoms with Crippen molar-refractivity contribution in [1.29, 1.82) is 0 Å². The van der Waals surface area contributed by atoms with Crippen molar-refractivity contribution in [1.82, 2.24) is 5.32 Å². The highest BCUT2D eigenvalue weighted by Crippen LogP contribution is 2.38. The molecule has 0 bridgehead atoms. The third kappa shape index (κ3) is 6.90. The van der Waals surface area contributed by atoms with Gasteiger partial charge in [-0.15, -0.1) is 0 Å². The highest BCUT2D eigenvalue weighted by Gasteiger charge is 2.38. The zero-order valence-corrected chi connectivity index (χ0v) is 15.2. The SMILES string of the molecule is CCNC(=O)CCCC(Br)O[Si](C)(C)C(C)(C)C. The van der Waals surface area contributed by atoms with Crippen molar-refractivity contribution in [3.8, 4) is 0 Å². The number of rotatable bonds is 7. The van der Waals surface area contributed by atoms with Gasteiger partial charge in [0.1, 0.15) is 5.01 Å². The van der Waals surface area contributed by atoms with E-state index in [1.807, 2.05) is 6.92 Å². The van der Waals surface area contributed by atoms with E-state index in [9.17, 15) is 4.79 Å². The lowest BCUT2D eigenvalue weighted by atomic mass is 10.2.